The van der Waals surface area contributed by atoms with Crippen LogP contribution in [0.5, 0.6) is 0 Å². The minimum absolute atomic E-state index is 0.0924. The molecule has 1 aliphatic heterocycles. The first-order valence-corrected chi connectivity index (χ1v) is 7.33. The van der Waals surface area contributed by atoms with Crippen LogP contribution < -0.4 is 5.48 Å². The Labute approximate surface area is 105 Å². The van der Waals surface area contributed by atoms with Crippen LogP contribution in [-0.2, 0) is 26.1 Å². The van der Waals surface area contributed by atoms with E-state index in [1.807, 2.05) is 19.1 Å². The first kappa shape index (κ1) is 13.0. The highest BCUT2D eigenvalue weighted by molar-refractivity contribution is 7.92. The topological polar surface area (TPSA) is 85.4 Å². The summed E-state index contributed by atoms with van der Waals surface area (Å²) in [5.74, 6) is -1.06. The average Bonchev–Trinajstić information content (AvgIpc) is 2.25. The Balaban J connectivity index is 1.74. The summed E-state index contributed by atoms with van der Waals surface area (Å²) in [4.78, 5) is 20.7. The molecule has 0 aliphatic carbocycles. The summed E-state index contributed by atoms with van der Waals surface area (Å²) in [5, 5.41) is 0. The zero-order chi connectivity index (χ0) is 13.2. The highest BCUT2D eigenvalue weighted by atomic mass is 32.2. The number of hydrogen-bond acceptors (Lipinski definition) is 5. The van der Waals surface area contributed by atoms with E-state index in [2.05, 4.69) is 10.5 Å². The summed E-state index contributed by atoms with van der Waals surface area (Å²) in [6, 6.07) is 5.50. The number of aryl methyl sites for hydroxylation is 1. The second kappa shape index (κ2) is 5.03. The van der Waals surface area contributed by atoms with E-state index < -0.39 is 21.7 Å². The van der Waals surface area contributed by atoms with Crippen LogP contribution in [0, 0.1) is 12.8 Å². The molecule has 1 aromatic rings. The van der Waals surface area contributed by atoms with Crippen LogP contribution in [0.15, 0.2) is 18.2 Å². The van der Waals surface area contributed by atoms with Crippen LogP contribution >= 0.6 is 0 Å². The Bertz CT molecular complexity index is 544. The van der Waals surface area contributed by atoms with Gasteiger partial charge < -0.3 is 0 Å². The quantitative estimate of drug-likeness (QED) is 0.777. The van der Waals surface area contributed by atoms with E-state index in [1.165, 1.54) is 0 Å². The number of nitrogens with one attached hydrogen (secondary N) is 1. The van der Waals surface area contributed by atoms with Gasteiger partial charge in [-0.05, 0) is 19.1 Å². The molecule has 1 fully saturated rings. The van der Waals surface area contributed by atoms with Crippen molar-refractivity contribution in [3.05, 3.63) is 29.6 Å². The number of pyridine rings is 1. The molecule has 0 unspecified atom stereocenters. The zero-order valence-corrected chi connectivity index (χ0v) is 10.7. The van der Waals surface area contributed by atoms with E-state index in [-0.39, 0.29) is 18.1 Å². The van der Waals surface area contributed by atoms with Crippen molar-refractivity contribution >= 4 is 15.7 Å². The molecule has 1 saturated heterocycles. The molecule has 0 atom stereocenters. The molecular weight excluding hydrogens is 256 g/mol. The maximum atomic E-state index is 11.4. The van der Waals surface area contributed by atoms with Crippen molar-refractivity contribution in [2.45, 2.75) is 13.5 Å². The largest absolute Gasteiger partial charge is 0.272 e. The summed E-state index contributed by atoms with van der Waals surface area (Å²) in [6.45, 7) is 2.02. The van der Waals surface area contributed by atoms with E-state index in [9.17, 15) is 13.2 Å². The Kier molecular flexibility index (Phi) is 3.63. The van der Waals surface area contributed by atoms with Crippen molar-refractivity contribution in [1.29, 1.82) is 0 Å². The van der Waals surface area contributed by atoms with Gasteiger partial charge in [-0.1, -0.05) is 6.07 Å². The van der Waals surface area contributed by atoms with Crippen LogP contribution in [0.25, 0.3) is 0 Å². The Morgan fingerprint density at radius 2 is 2.22 bits per heavy atom. The Morgan fingerprint density at radius 3 is 2.83 bits per heavy atom. The molecule has 6 nitrogen and oxygen atoms in total. The van der Waals surface area contributed by atoms with Crippen molar-refractivity contribution in [1.82, 2.24) is 10.5 Å². The van der Waals surface area contributed by atoms with Gasteiger partial charge in [-0.2, -0.15) is 0 Å². The maximum Gasteiger partial charge on any atom is 0.248 e. The number of rotatable bonds is 4. The lowest BCUT2D eigenvalue weighted by atomic mass is 10.2. The molecule has 1 aliphatic rings. The molecule has 7 heteroatoms. The van der Waals surface area contributed by atoms with E-state index in [1.54, 1.807) is 6.07 Å². The van der Waals surface area contributed by atoms with Gasteiger partial charge in [0.05, 0.1) is 23.1 Å². The number of amides is 1. The molecule has 2 rings (SSSR count). The fourth-order valence-corrected chi connectivity index (χ4v) is 3.09. The molecule has 0 spiro atoms. The highest BCUT2D eigenvalue weighted by Crippen LogP contribution is 2.17. The predicted molar refractivity (Wildman–Crippen MR) is 64.0 cm³/mol. The zero-order valence-electron chi connectivity index (χ0n) is 9.92. The smallest absolute Gasteiger partial charge is 0.248 e. The standard InChI is InChI=1S/C11H14N2O4S/c1-8-3-2-4-10(12-8)5-17-13-11(14)9-6-18(15,16)7-9/h2-4,9H,5-7H2,1H3,(H,13,14). The van der Waals surface area contributed by atoms with Gasteiger partial charge in [0.25, 0.3) is 0 Å². The van der Waals surface area contributed by atoms with Gasteiger partial charge >= 0.3 is 0 Å². The molecule has 98 valence electrons. The highest BCUT2D eigenvalue weighted by Gasteiger charge is 2.38. The van der Waals surface area contributed by atoms with Crippen molar-refractivity contribution in [2.75, 3.05) is 11.5 Å². The van der Waals surface area contributed by atoms with Crippen LogP contribution in [0.4, 0.5) is 0 Å². The second-order valence-electron chi connectivity index (χ2n) is 4.30. The molecule has 0 radical (unpaired) electrons. The molecular formula is C11H14N2O4S. The lowest BCUT2D eigenvalue weighted by molar-refractivity contribution is -0.138. The van der Waals surface area contributed by atoms with Crippen LogP contribution in [0.3, 0.4) is 0 Å². The molecule has 2 heterocycles. The van der Waals surface area contributed by atoms with Crippen molar-refractivity contribution < 1.29 is 18.0 Å². The van der Waals surface area contributed by atoms with Gasteiger partial charge in [-0.15, -0.1) is 0 Å². The third kappa shape index (κ3) is 3.27. The number of carbonyl (C=O) groups excluding carboxylic acids is 1. The minimum Gasteiger partial charge on any atom is -0.272 e. The number of nitrogens with zero attached hydrogens (tertiary/aromatic N) is 1. The van der Waals surface area contributed by atoms with Gasteiger partial charge in [-0.3, -0.25) is 14.6 Å². The molecule has 0 aromatic carbocycles. The summed E-state index contributed by atoms with van der Waals surface area (Å²) >= 11 is 0. The number of aromatic nitrogens is 1. The van der Waals surface area contributed by atoms with Crippen molar-refractivity contribution in [3.63, 3.8) is 0 Å². The van der Waals surface area contributed by atoms with Crippen LogP contribution in [0.2, 0.25) is 0 Å². The maximum absolute atomic E-state index is 11.4. The third-order valence-corrected chi connectivity index (χ3v) is 4.44. The molecule has 0 saturated carbocycles. The van der Waals surface area contributed by atoms with Crippen molar-refractivity contribution in [3.8, 4) is 0 Å². The average molecular weight is 270 g/mol. The molecule has 18 heavy (non-hydrogen) atoms. The Morgan fingerprint density at radius 1 is 1.50 bits per heavy atom. The fraction of sp³-hybridized carbons (Fsp3) is 0.455. The van der Waals surface area contributed by atoms with E-state index >= 15 is 0 Å². The first-order chi connectivity index (χ1) is 8.46. The summed E-state index contributed by atoms with van der Waals surface area (Å²) in [6.07, 6.45) is 0. The minimum atomic E-state index is -2.99. The normalized spacial score (nSPS) is 18.1. The summed E-state index contributed by atoms with van der Waals surface area (Å²) in [5.41, 5.74) is 3.82. The van der Waals surface area contributed by atoms with E-state index in [0.29, 0.717) is 5.69 Å². The Hall–Kier alpha value is -1.47. The molecule has 1 aromatic heterocycles. The number of hydrogen-bond donors (Lipinski definition) is 1. The predicted octanol–water partition coefficient (Wildman–Crippen LogP) is -0.0176. The first-order valence-electron chi connectivity index (χ1n) is 5.51. The summed E-state index contributed by atoms with van der Waals surface area (Å²) in [7, 11) is -2.99. The number of carbonyl (C=O) groups is 1. The number of sulfone groups is 1. The van der Waals surface area contributed by atoms with Gasteiger partial charge in [0.15, 0.2) is 9.84 Å². The second-order valence-corrected chi connectivity index (χ2v) is 6.45. The third-order valence-electron chi connectivity index (χ3n) is 2.62. The monoisotopic (exact) mass is 270 g/mol. The fourth-order valence-electron chi connectivity index (χ4n) is 1.66. The van der Waals surface area contributed by atoms with Crippen LogP contribution in [-0.4, -0.2) is 30.8 Å². The van der Waals surface area contributed by atoms with E-state index in [4.69, 9.17) is 4.84 Å². The SMILES string of the molecule is Cc1cccc(CONC(=O)C2CS(=O)(=O)C2)n1. The molecule has 0 bridgehead atoms. The van der Waals surface area contributed by atoms with Crippen LogP contribution in [0.1, 0.15) is 11.4 Å². The lowest BCUT2D eigenvalue weighted by Gasteiger charge is -2.23. The van der Waals surface area contributed by atoms with Crippen molar-refractivity contribution in [2.24, 2.45) is 5.92 Å². The molecule has 1 N–H and O–H groups in total. The van der Waals surface area contributed by atoms with Gasteiger partial charge in [0.2, 0.25) is 5.91 Å². The summed E-state index contributed by atoms with van der Waals surface area (Å²) < 4.78 is 21.8. The van der Waals surface area contributed by atoms with E-state index in [0.717, 1.165) is 5.69 Å². The molecule has 1 amide bonds. The van der Waals surface area contributed by atoms with Gasteiger partial charge in [0, 0.05) is 5.69 Å². The van der Waals surface area contributed by atoms with Gasteiger partial charge in [-0.25, -0.2) is 13.9 Å². The number of hydroxylamine groups is 1. The van der Waals surface area contributed by atoms with Gasteiger partial charge in [0.1, 0.15) is 6.61 Å². The lowest BCUT2D eigenvalue weighted by Crippen LogP contribution is -2.46.